The minimum absolute atomic E-state index is 0.113. The van der Waals surface area contributed by atoms with Gasteiger partial charge in [0.1, 0.15) is 0 Å². The number of rotatable bonds is 4. The van der Waals surface area contributed by atoms with Gasteiger partial charge in [0.2, 0.25) is 5.91 Å². The fourth-order valence-corrected chi connectivity index (χ4v) is 2.56. The molecule has 1 aromatic carbocycles. The molecule has 0 saturated carbocycles. The number of nitrogens with one attached hydrogen (secondary N) is 1. The third kappa shape index (κ3) is 4.45. The van der Waals surface area contributed by atoms with Crippen molar-refractivity contribution in [3.63, 3.8) is 0 Å². The van der Waals surface area contributed by atoms with Gasteiger partial charge in [-0.05, 0) is 19.4 Å². The van der Waals surface area contributed by atoms with Crippen molar-refractivity contribution in [3.05, 3.63) is 35.9 Å². The van der Waals surface area contributed by atoms with E-state index in [0.717, 1.165) is 5.56 Å². The molecule has 23 heavy (non-hydrogen) atoms. The molecule has 0 spiro atoms. The van der Waals surface area contributed by atoms with Gasteiger partial charge in [0.05, 0.1) is 13.0 Å². The molecule has 1 heterocycles. The molecule has 1 aliphatic rings. The molecule has 128 valence electrons. The summed E-state index contributed by atoms with van der Waals surface area (Å²) in [5.41, 5.74) is -1.70. The summed E-state index contributed by atoms with van der Waals surface area (Å²) < 4.78 is 50.8. The van der Waals surface area contributed by atoms with E-state index < -0.39 is 36.3 Å². The first-order valence-corrected chi connectivity index (χ1v) is 7.35. The van der Waals surface area contributed by atoms with E-state index in [9.17, 15) is 18.0 Å². The molecule has 1 fully saturated rings. The third-order valence-corrected chi connectivity index (χ3v) is 3.69. The lowest BCUT2D eigenvalue weighted by Gasteiger charge is -2.45. The van der Waals surface area contributed by atoms with Crippen molar-refractivity contribution in [2.45, 2.75) is 50.8 Å². The van der Waals surface area contributed by atoms with E-state index in [2.05, 4.69) is 5.32 Å². The molecule has 0 bridgehead atoms. The largest absolute Gasteiger partial charge is 0.418 e. The highest BCUT2D eigenvalue weighted by Gasteiger charge is 2.60. The molecule has 1 aromatic rings. The van der Waals surface area contributed by atoms with E-state index in [1.807, 2.05) is 6.07 Å². The lowest BCUT2D eigenvalue weighted by molar-refractivity contribution is -0.383. The molecule has 7 heteroatoms. The number of carbonyl (C=O) groups is 1. The first kappa shape index (κ1) is 17.7. The van der Waals surface area contributed by atoms with Gasteiger partial charge in [-0.25, -0.2) is 0 Å². The van der Waals surface area contributed by atoms with Crippen LogP contribution in [0.1, 0.15) is 32.3 Å². The molecule has 1 atom stereocenters. The molecule has 1 amide bonds. The SMILES string of the molecule is CC1(C)OCCC(CC(=O)NCc2ccccc2)(C(F)(F)F)O1. The number of carbonyl (C=O) groups excluding carboxylic acids is 1. The van der Waals surface area contributed by atoms with Crippen LogP contribution in [-0.2, 0) is 20.8 Å². The van der Waals surface area contributed by atoms with Crippen LogP contribution in [0.3, 0.4) is 0 Å². The Morgan fingerprint density at radius 2 is 1.91 bits per heavy atom. The quantitative estimate of drug-likeness (QED) is 0.922. The number of benzene rings is 1. The maximum atomic E-state index is 13.5. The van der Waals surface area contributed by atoms with Gasteiger partial charge < -0.3 is 14.8 Å². The number of halogens is 3. The predicted octanol–water partition coefficient (Wildman–Crippen LogP) is 3.17. The molecule has 0 radical (unpaired) electrons. The number of amides is 1. The zero-order valence-corrected chi connectivity index (χ0v) is 13.1. The Hall–Kier alpha value is -1.60. The van der Waals surface area contributed by atoms with Gasteiger partial charge in [0, 0.05) is 13.0 Å². The zero-order valence-electron chi connectivity index (χ0n) is 13.1. The van der Waals surface area contributed by atoms with Gasteiger partial charge in [0.15, 0.2) is 11.4 Å². The zero-order chi connectivity index (χ0) is 17.1. The summed E-state index contributed by atoms with van der Waals surface area (Å²) in [6.07, 6.45) is -5.84. The lowest BCUT2D eigenvalue weighted by atomic mass is 9.92. The molecule has 1 unspecified atom stereocenters. The highest BCUT2D eigenvalue weighted by atomic mass is 19.4. The second kappa shape index (κ2) is 6.49. The molecule has 2 rings (SSSR count). The average molecular weight is 331 g/mol. The number of hydrogen-bond donors (Lipinski definition) is 1. The summed E-state index contributed by atoms with van der Waals surface area (Å²) in [5, 5.41) is 2.51. The standard InChI is InChI=1S/C16H20F3NO3/c1-14(2)22-9-8-15(23-14,16(17,18)19)10-13(21)20-11-12-6-4-3-5-7-12/h3-7H,8-11H2,1-2H3,(H,20,21). The van der Waals surface area contributed by atoms with E-state index in [1.54, 1.807) is 24.3 Å². The normalized spacial score (nSPS) is 24.2. The second-order valence-corrected chi connectivity index (χ2v) is 6.03. The van der Waals surface area contributed by atoms with Crippen molar-refractivity contribution in [1.82, 2.24) is 5.32 Å². The van der Waals surface area contributed by atoms with E-state index in [4.69, 9.17) is 9.47 Å². The number of hydrogen-bond acceptors (Lipinski definition) is 3. The van der Waals surface area contributed by atoms with Crippen molar-refractivity contribution >= 4 is 5.91 Å². The maximum absolute atomic E-state index is 13.5. The summed E-state index contributed by atoms with van der Waals surface area (Å²) >= 11 is 0. The number of alkyl halides is 3. The highest BCUT2D eigenvalue weighted by molar-refractivity contribution is 5.77. The topological polar surface area (TPSA) is 47.6 Å². The van der Waals surface area contributed by atoms with Crippen LogP contribution < -0.4 is 5.32 Å². The molecule has 4 nitrogen and oxygen atoms in total. The van der Waals surface area contributed by atoms with Crippen molar-refractivity contribution in [3.8, 4) is 0 Å². The Bertz CT molecular complexity index is 545. The smallest absolute Gasteiger partial charge is 0.352 e. The van der Waals surface area contributed by atoms with E-state index in [1.165, 1.54) is 13.8 Å². The van der Waals surface area contributed by atoms with Crippen molar-refractivity contribution in [1.29, 1.82) is 0 Å². The van der Waals surface area contributed by atoms with Crippen LogP contribution in [0, 0.1) is 0 Å². The van der Waals surface area contributed by atoms with Gasteiger partial charge in [-0.15, -0.1) is 0 Å². The fourth-order valence-electron chi connectivity index (χ4n) is 2.56. The lowest BCUT2D eigenvalue weighted by Crippen LogP contribution is -2.58. The Kier molecular flexibility index (Phi) is 5.01. The van der Waals surface area contributed by atoms with Gasteiger partial charge >= 0.3 is 6.18 Å². The molecular formula is C16H20F3NO3. The van der Waals surface area contributed by atoms with Crippen LogP contribution in [0.2, 0.25) is 0 Å². The summed E-state index contributed by atoms with van der Waals surface area (Å²) in [4.78, 5) is 12.0. The van der Waals surface area contributed by atoms with E-state index in [-0.39, 0.29) is 13.2 Å². The van der Waals surface area contributed by atoms with Crippen molar-refractivity contribution < 1.29 is 27.4 Å². The van der Waals surface area contributed by atoms with Gasteiger partial charge in [-0.2, -0.15) is 13.2 Å². The number of ether oxygens (including phenoxy) is 2. The molecule has 0 aromatic heterocycles. The summed E-state index contributed by atoms with van der Waals surface area (Å²) in [5.74, 6) is -2.09. The predicted molar refractivity (Wildman–Crippen MR) is 77.4 cm³/mol. The van der Waals surface area contributed by atoms with Crippen LogP contribution in [0.5, 0.6) is 0 Å². The minimum atomic E-state index is -4.65. The van der Waals surface area contributed by atoms with Crippen molar-refractivity contribution in [2.75, 3.05) is 6.61 Å². The van der Waals surface area contributed by atoms with Crippen LogP contribution in [-0.4, -0.2) is 30.1 Å². The summed E-state index contributed by atoms with van der Waals surface area (Å²) in [6.45, 7) is 2.88. The summed E-state index contributed by atoms with van der Waals surface area (Å²) in [6, 6.07) is 8.98. The third-order valence-electron chi connectivity index (χ3n) is 3.69. The minimum Gasteiger partial charge on any atom is -0.352 e. The first-order chi connectivity index (χ1) is 10.6. The molecule has 0 aliphatic carbocycles. The Morgan fingerprint density at radius 1 is 1.26 bits per heavy atom. The van der Waals surface area contributed by atoms with Crippen LogP contribution >= 0.6 is 0 Å². The maximum Gasteiger partial charge on any atom is 0.418 e. The van der Waals surface area contributed by atoms with E-state index >= 15 is 0 Å². The first-order valence-electron chi connectivity index (χ1n) is 7.35. The molecule has 1 saturated heterocycles. The molecule has 1 aliphatic heterocycles. The Labute approximate surface area is 133 Å². The van der Waals surface area contributed by atoms with Gasteiger partial charge in [-0.1, -0.05) is 30.3 Å². The van der Waals surface area contributed by atoms with Gasteiger partial charge in [-0.3, -0.25) is 4.79 Å². The fraction of sp³-hybridized carbons (Fsp3) is 0.562. The Morgan fingerprint density at radius 3 is 2.48 bits per heavy atom. The van der Waals surface area contributed by atoms with Crippen LogP contribution in [0.15, 0.2) is 30.3 Å². The molecular weight excluding hydrogens is 311 g/mol. The van der Waals surface area contributed by atoms with Crippen molar-refractivity contribution in [2.24, 2.45) is 0 Å². The van der Waals surface area contributed by atoms with Crippen LogP contribution in [0.4, 0.5) is 13.2 Å². The van der Waals surface area contributed by atoms with Crippen LogP contribution in [0.25, 0.3) is 0 Å². The van der Waals surface area contributed by atoms with E-state index in [0.29, 0.717) is 0 Å². The second-order valence-electron chi connectivity index (χ2n) is 6.03. The monoisotopic (exact) mass is 331 g/mol. The highest BCUT2D eigenvalue weighted by Crippen LogP contribution is 2.44. The average Bonchev–Trinajstić information content (AvgIpc) is 2.44. The Balaban J connectivity index is 2.05. The summed E-state index contributed by atoms with van der Waals surface area (Å²) in [7, 11) is 0. The molecule has 1 N–H and O–H groups in total. The van der Waals surface area contributed by atoms with Gasteiger partial charge in [0.25, 0.3) is 0 Å².